The lowest BCUT2D eigenvalue weighted by molar-refractivity contribution is -0.0541. The number of hydrogen-bond donors (Lipinski definition) is 1. The fourth-order valence-corrected chi connectivity index (χ4v) is 3.22. The molecule has 0 aliphatic heterocycles. The lowest BCUT2D eigenvalue weighted by Gasteiger charge is -2.42. The van der Waals surface area contributed by atoms with Gasteiger partial charge in [0.2, 0.25) is 0 Å². The molecule has 0 spiro atoms. The Kier molecular flexibility index (Phi) is 7.98. The summed E-state index contributed by atoms with van der Waals surface area (Å²) in [5.41, 5.74) is 0.722. The summed E-state index contributed by atoms with van der Waals surface area (Å²) in [4.78, 5) is 2.50. The molecule has 0 saturated heterocycles. The van der Waals surface area contributed by atoms with Crippen molar-refractivity contribution in [3.8, 4) is 0 Å². The molecule has 0 bridgehead atoms. The van der Waals surface area contributed by atoms with Gasteiger partial charge in [0.15, 0.2) is 0 Å². The minimum absolute atomic E-state index is 0.204. The quantitative estimate of drug-likeness (QED) is 0.696. The molecule has 2 nitrogen and oxygen atoms in total. The molecular weight excluding hydrogens is 258 g/mol. The highest BCUT2D eigenvalue weighted by atomic mass is 16.3. The standard InChI is InChI=1S/C19H33NO/c1-5-14-20(15-6-2)18(19(21,7-3)8-4)16-17-12-10-9-11-13-17/h9-13,18,21H,5-8,14-16H2,1-4H3/t18-/m0/s1. The van der Waals surface area contributed by atoms with Gasteiger partial charge in [0.25, 0.3) is 0 Å². The first kappa shape index (κ1) is 18.2. The number of rotatable bonds is 10. The van der Waals surface area contributed by atoms with Crippen LogP contribution in [0, 0.1) is 0 Å². The zero-order valence-electron chi connectivity index (χ0n) is 14.3. The second kappa shape index (κ2) is 9.22. The number of hydrogen-bond acceptors (Lipinski definition) is 2. The van der Waals surface area contributed by atoms with Gasteiger partial charge in [-0.15, -0.1) is 0 Å². The molecule has 1 atom stereocenters. The summed E-state index contributed by atoms with van der Waals surface area (Å²) < 4.78 is 0. The van der Waals surface area contributed by atoms with Crippen LogP contribution in [0.3, 0.4) is 0 Å². The van der Waals surface area contributed by atoms with E-state index >= 15 is 0 Å². The van der Waals surface area contributed by atoms with Crippen LogP contribution in [0.25, 0.3) is 0 Å². The number of nitrogens with zero attached hydrogens (tertiary/aromatic N) is 1. The van der Waals surface area contributed by atoms with E-state index in [-0.39, 0.29) is 6.04 Å². The van der Waals surface area contributed by atoms with Gasteiger partial charge in [0, 0.05) is 6.04 Å². The summed E-state index contributed by atoms with van der Waals surface area (Å²) in [6, 6.07) is 10.8. The normalized spacial score (nSPS) is 13.6. The maximum atomic E-state index is 11.1. The van der Waals surface area contributed by atoms with Gasteiger partial charge in [0.1, 0.15) is 0 Å². The highest BCUT2D eigenvalue weighted by molar-refractivity contribution is 5.17. The van der Waals surface area contributed by atoms with Gasteiger partial charge < -0.3 is 5.11 Å². The van der Waals surface area contributed by atoms with Crippen LogP contribution in [-0.2, 0) is 6.42 Å². The first-order chi connectivity index (χ1) is 10.1. The van der Waals surface area contributed by atoms with E-state index in [2.05, 4.69) is 62.9 Å². The highest BCUT2D eigenvalue weighted by Gasteiger charge is 2.36. The number of aliphatic hydroxyl groups is 1. The average Bonchev–Trinajstić information content (AvgIpc) is 2.53. The van der Waals surface area contributed by atoms with E-state index in [0.29, 0.717) is 0 Å². The molecular formula is C19H33NO. The molecule has 0 amide bonds. The first-order valence-corrected chi connectivity index (χ1v) is 8.61. The Morgan fingerprint density at radius 1 is 0.952 bits per heavy atom. The number of benzene rings is 1. The van der Waals surface area contributed by atoms with Gasteiger partial charge in [-0.25, -0.2) is 0 Å². The average molecular weight is 291 g/mol. The largest absolute Gasteiger partial charge is 0.388 e. The molecule has 0 saturated carbocycles. The van der Waals surface area contributed by atoms with Gasteiger partial charge in [-0.2, -0.15) is 0 Å². The van der Waals surface area contributed by atoms with E-state index in [1.807, 2.05) is 0 Å². The van der Waals surface area contributed by atoms with Crippen molar-refractivity contribution < 1.29 is 5.11 Å². The fraction of sp³-hybridized carbons (Fsp3) is 0.684. The van der Waals surface area contributed by atoms with Crippen LogP contribution in [0.1, 0.15) is 58.9 Å². The molecule has 1 aromatic rings. The SMILES string of the molecule is CCCN(CCC)[C@@H](Cc1ccccc1)C(O)(CC)CC. The Hall–Kier alpha value is -0.860. The van der Waals surface area contributed by atoms with Gasteiger partial charge in [-0.1, -0.05) is 58.0 Å². The Balaban J connectivity index is 3.02. The Labute approximate surface area is 131 Å². The zero-order chi connectivity index (χ0) is 15.7. The van der Waals surface area contributed by atoms with Crippen LogP contribution >= 0.6 is 0 Å². The van der Waals surface area contributed by atoms with Crippen LogP contribution in [0.15, 0.2) is 30.3 Å². The minimum Gasteiger partial charge on any atom is -0.388 e. The first-order valence-electron chi connectivity index (χ1n) is 8.61. The van der Waals surface area contributed by atoms with E-state index in [1.165, 1.54) is 5.56 Å². The van der Waals surface area contributed by atoms with Crippen LogP contribution < -0.4 is 0 Å². The fourth-order valence-electron chi connectivity index (χ4n) is 3.22. The van der Waals surface area contributed by atoms with Crippen LogP contribution in [0.4, 0.5) is 0 Å². The van der Waals surface area contributed by atoms with E-state index in [1.54, 1.807) is 0 Å². The highest BCUT2D eigenvalue weighted by Crippen LogP contribution is 2.27. The van der Waals surface area contributed by atoms with Crippen molar-refractivity contribution in [2.24, 2.45) is 0 Å². The van der Waals surface area contributed by atoms with E-state index in [9.17, 15) is 5.11 Å². The third kappa shape index (κ3) is 5.12. The van der Waals surface area contributed by atoms with Crippen molar-refractivity contribution in [2.75, 3.05) is 13.1 Å². The third-order valence-electron chi connectivity index (χ3n) is 4.58. The van der Waals surface area contributed by atoms with Crippen LogP contribution in [0.5, 0.6) is 0 Å². The maximum Gasteiger partial charge on any atom is 0.0800 e. The molecule has 0 aliphatic rings. The molecule has 0 aliphatic carbocycles. The smallest absolute Gasteiger partial charge is 0.0800 e. The molecule has 1 aromatic carbocycles. The maximum absolute atomic E-state index is 11.1. The van der Waals surface area contributed by atoms with E-state index in [4.69, 9.17) is 0 Å². The molecule has 0 unspecified atom stereocenters. The third-order valence-corrected chi connectivity index (χ3v) is 4.58. The zero-order valence-corrected chi connectivity index (χ0v) is 14.3. The minimum atomic E-state index is -0.597. The summed E-state index contributed by atoms with van der Waals surface area (Å²) in [5.74, 6) is 0. The molecule has 1 rings (SSSR count). The predicted octanol–water partition coefficient (Wildman–Crippen LogP) is 4.27. The monoisotopic (exact) mass is 291 g/mol. The summed E-state index contributed by atoms with van der Waals surface area (Å²) in [6.07, 6.45) is 4.82. The van der Waals surface area contributed by atoms with Crippen LogP contribution in [0.2, 0.25) is 0 Å². The van der Waals surface area contributed by atoms with Crippen molar-refractivity contribution in [1.29, 1.82) is 0 Å². The summed E-state index contributed by atoms with van der Waals surface area (Å²) in [7, 11) is 0. The molecule has 21 heavy (non-hydrogen) atoms. The lowest BCUT2D eigenvalue weighted by Crippen LogP contribution is -2.54. The van der Waals surface area contributed by atoms with Crippen molar-refractivity contribution in [2.45, 2.75) is 71.4 Å². The molecule has 2 heteroatoms. The van der Waals surface area contributed by atoms with Gasteiger partial charge >= 0.3 is 0 Å². The molecule has 0 radical (unpaired) electrons. The van der Waals surface area contributed by atoms with Crippen molar-refractivity contribution in [1.82, 2.24) is 4.90 Å². The summed E-state index contributed by atoms with van der Waals surface area (Å²) in [6.45, 7) is 10.8. The van der Waals surface area contributed by atoms with Crippen molar-refractivity contribution in [3.05, 3.63) is 35.9 Å². The van der Waals surface area contributed by atoms with Crippen molar-refractivity contribution in [3.63, 3.8) is 0 Å². The molecule has 120 valence electrons. The van der Waals surface area contributed by atoms with Gasteiger partial charge in [0.05, 0.1) is 5.60 Å². The molecule has 0 fully saturated rings. The Morgan fingerprint density at radius 3 is 1.90 bits per heavy atom. The van der Waals surface area contributed by atoms with E-state index < -0.39 is 5.60 Å². The van der Waals surface area contributed by atoms with Crippen molar-refractivity contribution >= 4 is 0 Å². The Morgan fingerprint density at radius 2 is 1.48 bits per heavy atom. The predicted molar refractivity (Wildman–Crippen MR) is 91.6 cm³/mol. The second-order valence-corrected chi connectivity index (χ2v) is 6.05. The van der Waals surface area contributed by atoms with E-state index in [0.717, 1.165) is 45.2 Å². The summed E-state index contributed by atoms with van der Waals surface area (Å²) in [5, 5.41) is 11.1. The molecule has 0 aromatic heterocycles. The second-order valence-electron chi connectivity index (χ2n) is 6.05. The van der Waals surface area contributed by atoms with Gasteiger partial charge in [-0.05, 0) is 50.8 Å². The Bertz CT molecular complexity index is 366. The summed E-state index contributed by atoms with van der Waals surface area (Å²) >= 11 is 0. The lowest BCUT2D eigenvalue weighted by atomic mass is 9.83. The molecule has 0 heterocycles. The van der Waals surface area contributed by atoms with Crippen LogP contribution in [-0.4, -0.2) is 34.7 Å². The van der Waals surface area contributed by atoms with Gasteiger partial charge in [-0.3, -0.25) is 4.90 Å². The molecule has 1 N–H and O–H groups in total. The topological polar surface area (TPSA) is 23.5 Å².